The van der Waals surface area contributed by atoms with Gasteiger partial charge < -0.3 is 10.2 Å². The first-order valence-corrected chi connectivity index (χ1v) is 7.23. The molecule has 1 fully saturated rings. The van der Waals surface area contributed by atoms with Crippen molar-refractivity contribution in [1.82, 2.24) is 4.90 Å². The van der Waals surface area contributed by atoms with Crippen molar-refractivity contribution in [2.75, 3.05) is 13.1 Å². The molecule has 0 aromatic heterocycles. The van der Waals surface area contributed by atoms with Crippen LogP contribution in [0, 0.1) is 0 Å². The van der Waals surface area contributed by atoms with Crippen LogP contribution in [0.2, 0.25) is 0 Å². The van der Waals surface area contributed by atoms with Gasteiger partial charge in [-0.05, 0) is 31.9 Å². The summed E-state index contributed by atoms with van der Waals surface area (Å²) < 4.78 is 0. The predicted molar refractivity (Wildman–Crippen MR) is 77.5 cm³/mol. The van der Waals surface area contributed by atoms with E-state index in [1.807, 2.05) is 30.3 Å². The van der Waals surface area contributed by atoms with Crippen molar-refractivity contribution in [3.63, 3.8) is 0 Å². The van der Waals surface area contributed by atoms with E-state index in [0.29, 0.717) is 6.54 Å². The molecule has 0 aliphatic carbocycles. The van der Waals surface area contributed by atoms with Gasteiger partial charge in [-0.1, -0.05) is 36.8 Å². The van der Waals surface area contributed by atoms with Crippen LogP contribution in [0.4, 0.5) is 0 Å². The fourth-order valence-corrected chi connectivity index (χ4v) is 2.98. The van der Waals surface area contributed by atoms with Crippen LogP contribution >= 0.6 is 0 Å². The van der Waals surface area contributed by atoms with E-state index in [4.69, 9.17) is 5.11 Å². The second-order valence-corrected chi connectivity index (χ2v) is 5.86. The Morgan fingerprint density at radius 3 is 2.70 bits per heavy atom. The van der Waals surface area contributed by atoms with Crippen molar-refractivity contribution in [3.05, 3.63) is 35.9 Å². The van der Waals surface area contributed by atoms with Gasteiger partial charge in [-0.25, -0.2) is 0 Å². The number of piperidine rings is 1. The van der Waals surface area contributed by atoms with Crippen LogP contribution < -0.4 is 0 Å². The molecular formula is C16H23NO3. The largest absolute Gasteiger partial charge is 0.481 e. The van der Waals surface area contributed by atoms with Gasteiger partial charge in [0.25, 0.3) is 0 Å². The summed E-state index contributed by atoms with van der Waals surface area (Å²) in [6, 6.07) is 9.61. The molecule has 2 N–H and O–H groups in total. The van der Waals surface area contributed by atoms with Gasteiger partial charge in [-0.15, -0.1) is 0 Å². The summed E-state index contributed by atoms with van der Waals surface area (Å²) in [6.07, 6.45) is 3.20. The van der Waals surface area contributed by atoms with E-state index in [2.05, 4.69) is 4.90 Å². The first-order valence-electron chi connectivity index (χ1n) is 7.23. The van der Waals surface area contributed by atoms with Crippen molar-refractivity contribution >= 4 is 5.97 Å². The summed E-state index contributed by atoms with van der Waals surface area (Å²) in [5.41, 5.74) is -0.0744. The van der Waals surface area contributed by atoms with Crippen molar-refractivity contribution in [2.24, 2.45) is 0 Å². The van der Waals surface area contributed by atoms with Crippen LogP contribution in [0.25, 0.3) is 0 Å². The number of carbonyl (C=O) groups is 1. The van der Waals surface area contributed by atoms with Gasteiger partial charge in [0, 0.05) is 12.6 Å². The van der Waals surface area contributed by atoms with E-state index in [1.165, 1.54) is 0 Å². The molecule has 2 unspecified atom stereocenters. The quantitative estimate of drug-likeness (QED) is 0.866. The summed E-state index contributed by atoms with van der Waals surface area (Å²) in [5, 5.41) is 19.7. The van der Waals surface area contributed by atoms with E-state index < -0.39 is 11.6 Å². The molecule has 110 valence electrons. The van der Waals surface area contributed by atoms with E-state index in [9.17, 15) is 9.90 Å². The molecule has 1 saturated heterocycles. The van der Waals surface area contributed by atoms with Crippen molar-refractivity contribution in [1.29, 1.82) is 0 Å². The third kappa shape index (κ3) is 3.81. The Morgan fingerprint density at radius 2 is 2.05 bits per heavy atom. The molecule has 1 aromatic rings. The first-order chi connectivity index (χ1) is 9.49. The number of benzene rings is 1. The highest BCUT2D eigenvalue weighted by Gasteiger charge is 2.32. The highest BCUT2D eigenvalue weighted by atomic mass is 16.4. The number of aliphatic carboxylic acids is 1. The van der Waals surface area contributed by atoms with Gasteiger partial charge in [0.05, 0.1) is 12.0 Å². The molecule has 1 heterocycles. The van der Waals surface area contributed by atoms with Crippen LogP contribution in [0.3, 0.4) is 0 Å². The lowest BCUT2D eigenvalue weighted by molar-refractivity contribution is -0.139. The van der Waals surface area contributed by atoms with Gasteiger partial charge in [-0.3, -0.25) is 9.69 Å². The van der Waals surface area contributed by atoms with Gasteiger partial charge >= 0.3 is 5.97 Å². The number of aliphatic hydroxyl groups is 1. The molecule has 0 amide bonds. The molecular weight excluding hydrogens is 254 g/mol. The average Bonchev–Trinajstić information content (AvgIpc) is 2.41. The Balaban J connectivity index is 2.07. The number of carboxylic acid groups (broad SMARTS) is 1. The third-order valence-corrected chi connectivity index (χ3v) is 4.07. The molecule has 4 heteroatoms. The van der Waals surface area contributed by atoms with E-state index in [0.717, 1.165) is 31.4 Å². The fraction of sp³-hybridized carbons (Fsp3) is 0.562. The van der Waals surface area contributed by atoms with E-state index >= 15 is 0 Å². The predicted octanol–water partition coefficient (Wildman–Crippen LogP) is 2.22. The minimum atomic E-state index is -0.949. The summed E-state index contributed by atoms with van der Waals surface area (Å²) in [5.74, 6) is -0.763. The summed E-state index contributed by atoms with van der Waals surface area (Å²) in [4.78, 5) is 13.1. The van der Waals surface area contributed by atoms with Gasteiger partial charge in [0.2, 0.25) is 0 Å². The molecule has 0 spiro atoms. The lowest BCUT2D eigenvalue weighted by Gasteiger charge is -2.39. The molecule has 4 nitrogen and oxygen atoms in total. The standard InChI is InChI=1S/C16H23NO3/c1-16(20,13-7-3-2-4-8-13)12-17-10-6-5-9-14(17)11-15(18)19/h2-4,7-8,14,20H,5-6,9-12H2,1H3,(H,18,19). The number of nitrogens with zero attached hydrogens (tertiary/aromatic N) is 1. The van der Waals surface area contributed by atoms with Gasteiger partial charge in [-0.2, -0.15) is 0 Å². The van der Waals surface area contributed by atoms with Crippen LogP contribution in [0.5, 0.6) is 0 Å². The molecule has 0 saturated carbocycles. The fourth-order valence-electron chi connectivity index (χ4n) is 2.98. The van der Waals surface area contributed by atoms with Crippen molar-refractivity contribution in [2.45, 2.75) is 44.2 Å². The van der Waals surface area contributed by atoms with Crippen molar-refractivity contribution < 1.29 is 15.0 Å². The number of β-amino-alcohol motifs (C(OH)–C–C–N with tert-alkyl or cyclic N) is 1. The molecule has 0 bridgehead atoms. The third-order valence-electron chi connectivity index (χ3n) is 4.07. The first kappa shape index (κ1) is 15.0. The summed E-state index contributed by atoms with van der Waals surface area (Å²) >= 11 is 0. The maximum absolute atomic E-state index is 11.0. The monoisotopic (exact) mass is 277 g/mol. The SMILES string of the molecule is CC(O)(CN1CCCCC1CC(=O)O)c1ccccc1. The lowest BCUT2D eigenvalue weighted by Crippen LogP contribution is -2.47. The number of carboxylic acids is 1. The maximum Gasteiger partial charge on any atom is 0.304 e. The number of hydrogen-bond acceptors (Lipinski definition) is 3. The lowest BCUT2D eigenvalue weighted by atomic mass is 9.92. The highest BCUT2D eigenvalue weighted by Crippen LogP contribution is 2.27. The van der Waals surface area contributed by atoms with Gasteiger partial charge in [0.15, 0.2) is 0 Å². The number of hydrogen-bond donors (Lipinski definition) is 2. The van der Waals surface area contributed by atoms with Crippen molar-refractivity contribution in [3.8, 4) is 0 Å². The van der Waals surface area contributed by atoms with Crippen LogP contribution in [0.1, 0.15) is 38.2 Å². The summed E-state index contributed by atoms with van der Waals surface area (Å²) in [7, 11) is 0. The Labute approximate surface area is 120 Å². The van der Waals surface area contributed by atoms with E-state index in [1.54, 1.807) is 6.92 Å². The van der Waals surface area contributed by atoms with Crippen LogP contribution in [0.15, 0.2) is 30.3 Å². The Bertz CT molecular complexity index is 444. The molecule has 1 aliphatic heterocycles. The number of likely N-dealkylation sites (tertiary alicyclic amines) is 1. The molecule has 2 atom stereocenters. The topological polar surface area (TPSA) is 60.8 Å². The molecule has 1 aromatic carbocycles. The second-order valence-electron chi connectivity index (χ2n) is 5.86. The van der Waals surface area contributed by atoms with Crippen LogP contribution in [-0.2, 0) is 10.4 Å². The number of rotatable bonds is 5. The molecule has 20 heavy (non-hydrogen) atoms. The zero-order valence-electron chi connectivity index (χ0n) is 12.0. The molecule has 0 radical (unpaired) electrons. The zero-order chi connectivity index (χ0) is 14.6. The normalized spacial score (nSPS) is 23.2. The van der Waals surface area contributed by atoms with E-state index in [-0.39, 0.29) is 12.5 Å². The highest BCUT2D eigenvalue weighted by molar-refractivity contribution is 5.67. The Kier molecular flexibility index (Phi) is 4.78. The van der Waals surface area contributed by atoms with Gasteiger partial charge in [0.1, 0.15) is 0 Å². The molecule has 2 rings (SSSR count). The Morgan fingerprint density at radius 1 is 1.35 bits per heavy atom. The minimum absolute atomic E-state index is 0.0384. The minimum Gasteiger partial charge on any atom is -0.481 e. The smallest absolute Gasteiger partial charge is 0.304 e. The maximum atomic E-state index is 11.0. The Hall–Kier alpha value is -1.39. The summed E-state index contributed by atoms with van der Waals surface area (Å²) in [6.45, 7) is 3.14. The second kappa shape index (κ2) is 6.37. The molecule has 1 aliphatic rings. The zero-order valence-corrected chi connectivity index (χ0v) is 12.0. The average molecular weight is 277 g/mol. The van der Waals surface area contributed by atoms with Crippen LogP contribution in [-0.4, -0.2) is 40.2 Å².